The first-order valence-corrected chi connectivity index (χ1v) is 8.79. The third-order valence-electron chi connectivity index (χ3n) is 4.08. The fraction of sp³-hybridized carbons (Fsp3) is 0.333. The van der Waals surface area contributed by atoms with Crippen molar-refractivity contribution in [3.8, 4) is 0 Å². The minimum atomic E-state index is -0.280. The van der Waals surface area contributed by atoms with E-state index in [0.717, 1.165) is 10.4 Å². The molecule has 1 N–H and O–H groups in total. The number of carbonyl (C=O) groups excluding carboxylic acids is 2. The number of hydrogen-bond donors (Lipinski definition) is 1. The standard InChI is InChI=1S/C18H19FN2O2S/c19-15-5-3-13(4-6-15)11-21-12-14(8-18(21)23)10-20-17(22)9-16-2-1-7-24-16/h1-7,14H,8-12H2,(H,20,22)/t14-/m1/s1. The topological polar surface area (TPSA) is 49.4 Å². The molecule has 1 fully saturated rings. The summed E-state index contributed by atoms with van der Waals surface area (Å²) < 4.78 is 12.9. The monoisotopic (exact) mass is 346 g/mol. The Balaban J connectivity index is 1.46. The molecular weight excluding hydrogens is 327 g/mol. The summed E-state index contributed by atoms with van der Waals surface area (Å²) >= 11 is 1.56. The number of thiophene rings is 1. The summed E-state index contributed by atoms with van der Waals surface area (Å²) in [7, 11) is 0. The quantitative estimate of drug-likeness (QED) is 0.874. The van der Waals surface area contributed by atoms with Crippen LogP contribution in [0.3, 0.4) is 0 Å². The number of rotatable bonds is 6. The van der Waals surface area contributed by atoms with Crippen molar-refractivity contribution < 1.29 is 14.0 Å². The molecule has 1 aromatic carbocycles. The largest absolute Gasteiger partial charge is 0.355 e. The average Bonchev–Trinajstić information content (AvgIpc) is 3.18. The van der Waals surface area contributed by atoms with E-state index in [1.165, 1.54) is 12.1 Å². The maximum Gasteiger partial charge on any atom is 0.225 e. The molecule has 24 heavy (non-hydrogen) atoms. The van der Waals surface area contributed by atoms with Crippen molar-refractivity contribution >= 4 is 23.2 Å². The fourth-order valence-corrected chi connectivity index (χ4v) is 3.55. The molecule has 1 aliphatic rings. The van der Waals surface area contributed by atoms with Gasteiger partial charge in [0, 0.05) is 36.9 Å². The molecule has 6 heteroatoms. The summed E-state index contributed by atoms with van der Waals surface area (Å²) in [6, 6.07) is 10.1. The molecule has 1 atom stereocenters. The van der Waals surface area contributed by atoms with Crippen molar-refractivity contribution in [2.75, 3.05) is 13.1 Å². The van der Waals surface area contributed by atoms with Crippen molar-refractivity contribution in [2.24, 2.45) is 5.92 Å². The SMILES string of the molecule is O=C(Cc1cccs1)NC[C@H]1CC(=O)N(Cc2ccc(F)cc2)C1. The second-order valence-corrected chi connectivity index (χ2v) is 7.06. The molecule has 3 rings (SSSR count). The number of amides is 2. The molecule has 0 saturated carbocycles. The van der Waals surface area contributed by atoms with Gasteiger partial charge in [-0.25, -0.2) is 4.39 Å². The normalized spacial score (nSPS) is 17.3. The maximum absolute atomic E-state index is 12.9. The lowest BCUT2D eigenvalue weighted by atomic mass is 10.1. The lowest BCUT2D eigenvalue weighted by Crippen LogP contribution is -2.31. The van der Waals surface area contributed by atoms with Crippen molar-refractivity contribution in [1.82, 2.24) is 10.2 Å². The zero-order valence-electron chi connectivity index (χ0n) is 13.2. The first-order valence-electron chi connectivity index (χ1n) is 7.91. The second kappa shape index (κ2) is 7.57. The van der Waals surface area contributed by atoms with Gasteiger partial charge in [-0.05, 0) is 29.1 Å². The molecule has 0 radical (unpaired) electrons. The van der Waals surface area contributed by atoms with Crippen LogP contribution in [0.2, 0.25) is 0 Å². The van der Waals surface area contributed by atoms with Gasteiger partial charge in [-0.3, -0.25) is 9.59 Å². The summed E-state index contributed by atoms with van der Waals surface area (Å²) in [5, 5.41) is 4.86. The van der Waals surface area contributed by atoms with E-state index < -0.39 is 0 Å². The van der Waals surface area contributed by atoms with Crippen molar-refractivity contribution in [1.29, 1.82) is 0 Å². The first kappa shape index (κ1) is 16.6. The first-order chi connectivity index (χ1) is 11.6. The van der Waals surface area contributed by atoms with E-state index in [9.17, 15) is 14.0 Å². The second-order valence-electron chi connectivity index (χ2n) is 6.03. The van der Waals surface area contributed by atoms with Crippen molar-refractivity contribution in [3.63, 3.8) is 0 Å². The molecule has 2 amide bonds. The molecule has 4 nitrogen and oxygen atoms in total. The van der Waals surface area contributed by atoms with Gasteiger partial charge >= 0.3 is 0 Å². The summed E-state index contributed by atoms with van der Waals surface area (Å²) in [5.41, 5.74) is 0.909. The van der Waals surface area contributed by atoms with Crippen LogP contribution in [0.25, 0.3) is 0 Å². The van der Waals surface area contributed by atoms with Gasteiger partial charge < -0.3 is 10.2 Å². The minimum Gasteiger partial charge on any atom is -0.355 e. The highest BCUT2D eigenvalue weighted by molar-refractivity contribution is 7.10. The van der Waals surface area contributed by atoms with Gasteiger partial charge in [-0.1, -0.05) is 18.2 Å². The van der Waals surface area contributed by atoms with Crippen LogP contribution in [0.4, 0.5) is 4.39 Å². The Bertz CT molecular complexity index is 700. The highest BCUT2D eigenvalue weighted by atomic mass is 32.1. The van der Waals surface area contributed by atoms with Gasteiger partial charge in [0.2, 0.25) is 11.8 Å². The molecule has 126 valence electrons. The zero-order valence-corrected chi connectivity index (χ0v) is 14.0. The Labute approximate surface area is 144 Å². The zero-order chi connectivity index (χ0) is 16.9. The summed E-state index contributed by atoms with van der Waals surface area (Å²) in [6.07, 6.45) is 0.831. The number of carbonyl (C=O) groups is 2. The minimum absolute atomic E-state index is 0.0121. The van der Waals surface area contributed by atoms with E-state index in [2.05, 4.69) is 5.32 Å². The van der Waals surface area contributed by atoms with Gasteiger partial charge in [0.15, 0.2) is 0 Å². The number of nitrogens with zero attached hydrogens (tertiary/aromatic N) is 1. The van der Waals surface area contributed by atoms with Gasteiger partial charge in [0.25, 0.3) is 0 Å². The van der Waals surface area contributed by atoms with Gasteiger partial charge in [0.05, 0.1) is 6.42 Å². The molecule has 1 aliphatic heterocycles. The predicted octanol–water partition coefficient (Wildman–Crippen LogP) is 2.59. The Morgan fingerprint density at radius 3 is 2.79 bits per heavy atom. The Morgan fingerprint density at radius 1 is 1.29 bits per heavy atom. The van der Waals surface area contributed by atoms with Crippen molar-refractivity contribution in [3.05, 3.63) is 58.0 Å². The van der Waals surface area contributed by atoms with Crippen LogP contribution in [0.5, 0.6) is 0 Å². The van der Waals surface area contributed by atoms with E-state index in [4.69, 9.17) is 0 Å². The Kier molecular flexibility index (Phi) is 5.25. The third kappa shape index (κ3) is 4.41. The number of nitrogens with one attached hydrogen (secondary N) is 1. The highest BCUT2D eigenvalue weighted by Gasteiger charge is 2.29. The molecule has 0 bridgehead atoms. The van der Waals surface area contributed by atoms with Crippen LogP contribution in [-0.4, -0.2) is 29.8 Å². The Hall–Kier alpha value is -2.21. The summed E-state index contributed by atoms with van der Waals surface area (Å²) in [5.74, 6) is -0.0817. The molecule has 2 aromatic rings. The molecular formula is C18H19FN2O2S. The summed E-state index contributed by atoms with van der Waals surface area (Å²) in [6.45, 7) is 1.62. The van der Waals surface area contributed by atoms with Gasteiger partial charge in [-0.15, -0.1) is 11.3 Å². The smallest absolute Gasteiger partial charge is 0.225 e. The number of benzene rings is 1. The van der Waals surface area contributed by atoms with E-state index >= 15 is 0 Å². The Morgan fingerprint density at radius 2 is 2.08 bits per heavy atom. The molecule has 1 aromatic heterocycles. The fourth-order valence-electron chi connectivity index (χ4n) is 2.85. The van der Waals surface area contributed by atoms with Crippen LogP contribution in [0, 0.1) is 11.7 Å². The molecule has 2 heterocycles. The van der Waals surface area contributed by atoms with Gasteiger partial charge in [-0.2, -0.15) is 0 Å². The highest BCUT2D eigenvalue weighted by Crippen LogP contribution is 2.20. The van der Waals surface area contributed by atoms with Gasteiger partial charge in [0.1, 0.15) is 5.82 Å². The number of halogens is 1. The molecule has 0 spiro atoms. The molecule has 0 aliphatic carbocycles. The number of hydrogen-bond acceptors (Lipinski definition) is 3. The van der Waals surface area contributed by atoms with Crippen LogP contribution >= 0.6 is 11.3 Å². The predicted molar refractivity (Wildman–Crippen MR) is 91.0 cm³/mol. The van der Waals surface area contributed by atoms with E-state index in [0.29, 0.717) is 32.5 Å². The molecule has 1 saturated heterocycles. The lowest BCUT2D eigenvalue weighted by Gasteiger charge is -2.17. The van der Waals surface area contributed by atoms with E-state index in [-0.39, 0.29) is 23.5 Å². The summed E-state index contributed by atoms with van der Waals surface area (Å²) in [4.78, 5) is 26.8. The van der Waals surface area contributed by atoms with Crippen LogP contribution in [-0.2, 0) is 22.6 Å². The van der Waals surface area contributed by atoms with Crippen molar-refractivity contribution in [2.45, 2.75) is 19.4 Å². The molecule has 0 unspecified atom stereocenters. The van der Waals surface area contributed by atoms with E-state index in [1.807, 2.05) is 17.5 Å². The lowest BCUT2D eigenvalue weighted by molar-refractivity contribution is -0.128. The van der Waals surface area contributed by atoms with Crippen LogP contribution in [0.1, 0.15) is 16.9 Å². The average molecular weight is 346 g/mol. The maximum atomic E-state index is 12.9. The van der Waals surface area contributed by atoms with Crippen LogP contribution in [0.15, 0.2) is 41.8 Å². The van der Waals surface area contributed by atoms with Crippen LogP contribution < -0.4 is 5.32 Å². The third-order valence-corrected chi connectivity index (χ3v) is 4.96. The number of likely N-dealkylation sites (tertiary alicyclic amines) is 1. The van der Waals surface area contributed by atoms with E-state index in [1.54, 1.807) is 28.4 Å².